The van der Waals surface area contributed by atoms with Crippen LogP contribution in [0, 0.1) is 0 Å². The molecule has 12 nitrogen and oxygen atoms in total. The molecule has 0 bridgehead atoms. The number of carbonyl (C=O) groups is 2. The van der Waals surface area contributed by atoms with Crippen molar-refractivity contribution in [3.05, 3.63) is 47.3 Å². The molecule has 12 heteroatoms. The Balaban J connectivity index is 1.47. The van der Waals surface area contributed by atoms with Crippen LogP contribution in [0.4, 0.5) is 5.82 Å². The number of carbonyl (C=O) groups excluding carboxylic acids is 2. The molecule has 0 aliphatic carbocycles. The smallest absolute Gasteiger partial charge is 0.275 e. The van der Waals surface area contributed by atoms with Gasteiger partial charge < -0.3 is 20.1 Å². The monoisotopic (exact) mass is 452 g/mol. The van der Waals surface area contributed by atoms with Gasteiger partial charge in [0.1, 0.15) is 17.2 Å². The SMILES string of the molecule is COCCC(=O)N1Cc2cnc(C(=O)Nc3cccc(-c4nnnn4[C@H](C)CO)n3)cc2C1. The van der Waals surface area contributed by atoms with E-state index in [1.165, 1.54) is 4.68 Å². The normalized spacial score (nSPS) is 13.6. The summed E-state index contributed by atoms with van der Waals surface area (Å²) >= 11 is 0. The maximum atomic E-state index is 12.8. The van der Waals surface area contributed by atoms with Crippen molar-refractivity contribution in [2.24, 2.45) is 0 Å². The molecular weight excluding hydrogens is 428 g/mol. The van der Waals surface area contributed by atoms with Crippen molar-refractivity contribution in [3.63, 3.8) is 0 Å². The Morgan fingerprint density at radius 2 is 2.09 bits per heavy atom. The zero-order chi connectivity index (χ0) is 23.4. The second-order valence-electron chi connectivity index (χ2n) is 7.67. The number of nitrogens with zero attached hydrogens (tertiary/aromatic N) is 7. The number of nitrogens with one attached hydrogen (secondary N) is 1. The Labute approximate surface area is 189 Å². The molecule has 0 saturated heterocycles. The fraction of sp³-hybridized carbons (Fsp3) is 0.381. The van der Waals surface area contributed by atoms with Crippen LogP contribution >= 0.6 is 0 Å². The van der Waals surface area contributed by atoms with Crippen molar-refractivity contribution in [1.29, 1.82) is 0 Å². The largest absolute Gasteiger partial charge is 0.394 e. The molecule has 172 valence electrons. The van der Waals surface area contributed by atoms with Gasteiger partial charge in [-0.2, -0.15) is 0 Å². The van der Waals surface area contributed by atoms with Gasteiger partial charge in [-0.1, -0.05) is 6.07 Å². The number of aliphatic hydroxyl groups excluding tert-OH is 1. The molecule has 1 atom stereocenters. The van der Waals surface area contributed by atoms with Crippen LogP contribution in [-0.4, -0.2) is 72.3 Å². The highest BCUT2D eigenvalue weighted by Gasteiger charge is 2.25. The maximum Gasteiger partial charge on any atom is 0.275 e. The Morgan fingerprint density at radius 1 is 1.27 bits per heavy atom. The molecule has 2 N–H and O–H groups in total. The van der Waals surface area contributed by atoms with Gasteiger partial charge in [0, 0.05) is 26.4 Å². The average molecular weight is 452 g/mol. The van der Waals surface area contributed by atoms with Crippen molar-refractivity contribution in [3.8, 4) is 11.5 Å². The number of amides is 2. The van der Waals surface area contributed by atoms with E-state index in [4.69, 9.17) is 4.74 Å². The van der Waals surface area contributed by atoms with Gasteiger partial charge in [0.25, 0.3) is 5.91 Å². The third kappa shape index (κ3) is 4.86. The highest BCUT2D eigenvalue weighted by atomic mass is 16.5. The standard InChI is InChI=1S/C21H24N8O4/c1-13(12-30)29-20(25-26-27-29)16-4-3-5-18(23-16)24-21(32)17-8-14-10-28(11-15(14)9-22-17)19(31)6-7-33-2/h3-5,8-9,13,30H,6-7,10-12H2,1-2H3,(H,23,24,32)/t13-/m1/s1. The van der Waals surface area contributed by atoms with Crippen LogP contribution < -0.4 is 5.32 Å². The van der Waals surface area contributed by atoms with Gasteiger partial charge in [-0.15, -0.1) is 5.10 Å². The third-order valence-electron chi connectivity index (χ3n) is 5.31. The summed E-state index contributed by atoms with van der Waals surface area (Å²) in [6, 6.07) is 6.45. The van der Waals surface area contributed by atoms with Crippen LogP contribution in [0.15, 0.2) is 30.5 Å². The first kappa shape index (κ1) is 22.4. The van der Waals surface area contributed by atoms with Crippen LogP contribution in [0.1, 0.15) is 41.0 Å². The molecule has 0 spiro atoms. The Morgan fingerprint density at radius 3 is 2.88 bits per heavy atom. The van der Waals surface area contributed by atoms with Gasteiger partial charge >= 0.3 is 0 Å². The number of methoxy groups -OCH3 is 1. The summed E-state index contributed by atoms with van der Waals surface area (Å²) in [6.07, 6.45) is 1.94. The van der Waals surface area contributed by atoms with Crippen LogP contribution in [0.3, 0.4) is 0 Å². The minimum atomic E-state index is -0.421. The first-order valence-corrected chi connectivity index (χ1v) is 10.4. The molecule has 3 aromatic rings. The fourth-order valence-electron chi connectivity index (χ4n) is 3.48. The highest BCUT2D eigenvalue weighted by molar-refractivity contribution is 6.02. The molecule has 0 aromatic carbocycles. The molecule has 0 unspecified atom stereocenters. The predicted molar refractivity (Wildman–Crippen MR) is 116 cm³/mol. The molecule has 4 heterocycles. The number of pyridine rings is 2. The summed E-state index contributed by atoms with van der Waals surface area (Å²) in [5, 5.41) is 23.7. The minimum Gasteiger partial charge on any atom is -0.394 e. The van der Waals surface area contributed by atoms with Crippen LogP contribution in [-0.2, 0) is 22.6 Å². The quantitative estimate of drug-likeness (QED) is 0.506. The summed E-state index contributed by atoms with van der Waals surface area (Å²) in [7, 11) is 1.56. The number of rotatable bonds is 8. The summed E-state index contributed by atoms with van der Waals surface area (Å²) < 4.78 is 6.44. The van der Waals surface area contributed by atoms with Gasteiger partial charge in [0.05, 0.1) is 25.7 Å². The zero-order valence-corrected chi connectivity index (χ0v) is 18.3. The van der Waals surface area contributed by atoms with E-state index in [2.05, 4.69) is 30.8 Å². The van der Waals surface area contributed by atoms with Gasteiger partial charge in [-0.05, 0) is 46.7 Å². The van der Waals surface area contributed by atoms with E-state index >= 15 is 0 Å². The zero-order valence-electron chi connectivity index (χ0n) is 18.3. The molecule has 1 aliphatic rings. The van der Waals surface area contributed by atoms with Crippen LogP contribution in [0.2, 0.25) is 0 Å². The van der Waals surface area contributed by atoms with Gasteiger partial charge in [-0.25, -0.2) is 9.67 Å². The second-order valence-corrected chi connectivity index (χ2v) is 7.67. The number of ether oxygens (including phenoxy) is 1. The molecule has 3 aromatic heterocycles. The minimum absolute atomic E-state index is 0.00192. The Kier molecular flexibility index (Phi) is 6.66. The molecule has 2 amide bonds. The van der Waals surface area contributed by atoms with E-state index in [0.29, 0.717) is 43.5 Å². The van der Waals surface area contributed by atoms with E-state index in [9.17, 15) is 14.7 Å². The van der Waals surface area contributed by atoms with Gasteiger partial charge in [-0.3, -0.25) is 14.6 Å². The lowest BCUT2D eigenvalue weighted by molar-refractivity contribution is -0.132. The summed E-state index contributed by atoms with van der Waals surface area (Å²) in [6.45, 7) is 2.91. The lowest BCUT2D eigenvalue weighted by Gasteiger charge is -2.14. The molecule has 0 fully saturated rings. The molecule has 33 heavy (non-hydrogen) atoms. The van der Waals surface area contributed by atoms with E-state index in [1.807, 2.05) is 0 Å². The molecule has 0 radical (unpaired) electrons. The van der Waals surface area contributed by atoms with Crippen molar-refractivity contribution in [1.82, 2.24) is 35.1 Å². The lowest BCUT2D eigenvalue weighted by Crippen LogP contribution is -2.26. The topological polar surface area (TPSA) is 148 Å². The van der Waals surface area contributed by atoms with E-state index in [0.717, 1.165) is 11.1 Å². The fourth-order valence-corrected chi connectivity index (χ4v) is 3.48. The van der Waals surface area contributed by atoms with Crippen LogP contribution in [0.25, 0.3) is 11.5 Å². The van der Waals surface area contributed by atoms with Crippen molar-refractivity contribution < 1.29 is 19.4 Å². The van der Waals surface area contributed by atoms with Gasteiger partial charge in [0.15, 0.2) is 0 Å². The maximum absolute atomic E-state index is 12.8. The Bertz CT molecular complexity index is 1160. The highest BCUT2D eigenvalue weighted by Crippen LogP contribution is 2.24. The summed E-state index contributed by atoms with van der Waals surface area (Å²) in [5.41, 5.74) is 2.48. The summed E-state index contributed by atoms with van der Waals surface area (Å²) in [4.78, 5) is 35.5. The number of tetrazole rings is 1. The number of hydrogen-bond donors (Lipinski definition) is 2. The Hall–Kier alpha value is -3.77. The van der Waals surface area contributed by atoms with Crippen molar-refractivity contribution in [2.45, 2.75) is 32.5 Å². The second kappa shape index (κ2) is 9.79. The first-order chi connectivity index (χ1) is 16.0. The predicted octanol–water partition coefficient (Wildman–Crippen LogP) is 0.814. The lowest BCUT2D eigenvalue weighted by atomic mass is 10.1. The van der Waals surface area contributed by atoms with Gasteiger partial charge in [0.2, 0.25) is 11.7 Å². The molecule has 1 aliphatic heterocycles. The summed E-state index contributed by atoms with van der Waals surface area (Å²) in [5.74, 6) is 0.261. The number of anilines is 1. The number of hydrogen-bond acceptors (Lipinski definition) is 9. The van der Waals surface area contributed by atoms with E-state index in [-0.39, 0.29) is 24.2 Å². The van der Waals surface area contributed by atoms with Crippen molar-refractivity contribution >= 4 is 17.6 Å². The first-order valence-electron chi connectivity index (χ1n) is 10.4. The molecule has 4 rings (SSSR count). The molecule has 0 saturated carbocycles. The average Bonchev–Trinajstić information content (AvgIpc) is 3.49. The van der Waals surface area contributed by atoms with Crippen LogP contribution in [0.5, 0.6) is 0 Å². The number of fused-ring (bicyclic) bond motifs is 1. The van der Waals surface area contributed by atoms with E-state index in [1.54, 1.807) is 49.4 Å². The van der Waals surface area contributed by atoms with E-state index < -0.39 is 5.91 Å². The third-order valence-corrected chi connectivity index (χ3v) is 5.31. The number of aliphatic hydroxyl groups is 1. The van der Waals surface area contributed by atoms with Crippen molar-refractivity contribution in [2.75, 3.05) is 25.6 Å². The molecular formula is C21H24N8O4. The number of aromatic nitrogens is 6.